The smallest absolute Gasteiger partial charge is 0.407 e. The molecule has 0 radical (unpaired) electrons. The number of carbonyl (C=O) groups is 1. The minimum Gasteiger partial charge on any atom is -0.444 e. The molecule has 1 saturated heterocycles. The summed E-state index contributed by atoms with van der Waals surface area (Å²) in [6.07, 6.45) is 4.95. The first-order valence-corrected chi connectivity index (χ1v) is 11.5. The molecule has 7 heteroatoms. The molecule has 1 amide bonds. The number of amides is 1. The van der Waals surface area contributed by atoms with E-state index in [1.54, 1.807) is 0 Å². The Labute approximate surface area is 186 Å². The average molecular weight is 428 g/mol. The van der Waals surface area contributed by atoms with Crippen LogP contribution < -0.4 is 20.9 Å². The van der Waals surface area contributed by atoms with Crippen molar-refractivity contribution in [3.8, 4) is 6.07 Å². The molecule has 1 heterocycles. The molecule has 31 heavy (non-hydrogen) atoms. The van der Waals surface area contributed by atoms with Gasteiger partial charge in [-0.1, -0.05) is 0 Å². The number of carbonyl (C=O) groups excluding carboxylic acids is 1. The number of ether oxygens (including phenoxy) is 1. The van der Waals surface area contributed by atoms with Crippen molar-refractivity contribution in [3.63, 3.8) is 0 Å². The van der Waals surface area contributed by atoms with E-state index in [-0.39, 0.29) is 11.6 Å². The van der Waals surface area contributed by atoms with E-state index < -0.39 is 5.60 Å². The van der Waals surface area contributed by atoms with Gasteiger partial charge in [-0.15, -0.1) is 0 Å². The molecule has 0 bridgehead atoms. The third kappa shape index (κ3) is 7.03. The summed E-state index contributed by atoms with van der Waals surface area (Å²) < 4.78 is 5.23. The molecule has 3 rings (SSSR count). The molecule has 0 atom stereocenters. The van der Waals surface area contributed by atoms with E-state index in [4.69, 9.17) is 4.74 Å². The maximum atomic E-state index is 11.6. The van der Waals surface area contributed by atoms with Crippen LogP contribution in [0.25, 0.3) is 0 Å². The Morgan fingerprint density at radius 3 is 2.42 bits per heavy atom. The van der Waals surface area contributed by atoms with Crippen molar-refractivity contribution in [2.45, 2.75) is 64.0 Å². The highest BCUT2D eigenvalue weighted by atomic mass is 16.6. The number of piperidine rings is 1. The van der Waals surface area contributed by atoms with E-state index in [0.29, 0.717) is 12.5 Å². The minimum atomic E-state index is -0.461. The third-order valence-corrected chi connectivity index (χ3v) is 6.05. The fourth-order valence-corrected chi connectivity index (χ4v) is 4.10. The molecular formula is C24H37N5O2. The van der Waals surface area contributed by atoms with Crippen LogP contribution in [0.3, 0.4) is 0 Å². The Morgan fingerprint density at radius 1 is 1.19 bits per heavy atom. The standard InChI is InChI=1S/C24H37N5O2/c1-23(2,3)31-22(30)27-14-13-26-17-19-9-15-29(16-10-19)21-7-5-20(6-8-21)28-24(18-25)11-4-12-24/h5-8,19,26,28H,4,9-17H2,1-3H3,(H,27,30). The number of hydrogen-bond donors (Lipinski definition) is 3. The van der Waals surface area contributed by atoms with Crippen molar-refractivity contribution in [1.29, 1.82) is 5.26 Å². The van der Waals surface area contributed by atoms with Gasteiger partial charge in [0.25, 0.3) is 0 Å². The van der Waals surface area contributed by atoms with Gasteiger partial charge in [-0.2, -0.15) is 5.26 Å². The van der Waals surface area contributed by atoms with Gasteiger partial charge in [0, 0.05) is 37.6 Å². The van der Waals surface area contributed by atoms with E-state index in [1.165, 1.54) is 5.69 Å². The maximum Gasteiger partial charge on any atom is 0.407 e. The zero-order valence-electron chi connectivity index (χ0n) is 19.2. The summed E-state index contributed by atoms with van der Waals surface area (Å²) in [6.45, 7) is 9.99. The number of alkyl carbamates (subject to hydrolysis) is 1. The summed E-state index contributed by atoms with van der Waals surface area (Å²) >= 11 is 0. The molecule has 1 saturated carbocycles. The molecule has 0 spiro atoms. The zero-order chi connectivity index (χ0) is 22.3. The van der Waals surface area contributed by atoms with Crippen LogP contribution in [-0.2, 0) is 4.74 Å². The van der Waals surface area contributed by atoms with Crippen LogP contribution in [-0.4, -0.2) is 50.0 Å². The molecule has 3 N–H and O–H groups in total. The Hall–Kier alpha value is -2.46. The monoisotopic (exact) mass is 427 g/mol. The molecule has 1 aliphatic carbocycles. The predicted molar refractivity (Wildman–Crippen MR) is 124 cm³/mol. The summed E-state index contributed by atoms with van der Waals surface area (Å²) in [5, 5.41) is 19.0. The highest BCUT2D eigenvalue weighted by molar-refractivity contribution is 5.67. The minimum absolute atomic E-state index is 0.352. The number of hydrogen-bond acceptors (Lipinski definition) is 6. The summed E-state index contributed by atoms with van der Waals surface area (Å²) in [6, 6.07) is 10.9. The van der Waals surface area contributed by atoms with Crippen LogP contribution in [0.5, 0.6) is 0 Å². The van der Waals surface area contributed by atoms with Gasteiger partial charge in [0.1, 0.15) is 11.1 Å². The van der Waals surface area contributed by atoms with Gasteiger partial charge in [-0.3, -0.25) is 0 Å². The van der Waals surface area contributed by atoms with Gasteiger partial charge in [0.05, 0.1) is 6.07 Å². The summed E-state index contributed by atoms with van der Waals surface area (Å²) in [5.74, 6) is 0.660. The SMILES string of the molecule is CC(C)(C)OC(=O)NCCNCC1CCN(c2ccc(NC3(C#N)CCC3)cc2)CC1. The van der Waals surface area contributed by atoms with Gasteiger partial charge in [-0.05, 0) is 89.6 Å². The topological polar surface area (TPSA) is 89.4 Å². The molecule has 0 unspecified atom stereocenters. The van der Waals surface area contributed by atoms with Gasteiger partial charge in [-0.25, -0.2) is 4.79 Å². The molecule has 0 aromatic heterocycles. The molecule has 7 nitrogen and oxygen atoms in total. The highest BCUT2D eigenvalue weighted by Crippen LogP contribution is 2.35. The Balaban J connectivity index is 1.32. The number of rotatable bonds is 8. The summed E-state index contributed by atoms with van der Waals surface area (Å²) in [5.41, 5.74) is 1.47. The first kappa shape index (κ1) is 23.2. The van der Waals surface area contributed by atoms with Crippen LogP contribution in [0.15, 0.2) is 24.3 Å². The van der Waals surface area contributed by atoms with Crippen molar-refractivity contribution in [1.82, 2.24) is 10.6 Å². The van der Waals surface area contributed by atoms with E-state index >= 15 is 0 Å². The van der Waals surface area contributed by atoms with E-state index in [2.05, 4.69) is 51.2 Å². The molecule has 170 valence electrons. The van der Waals surface area contributed by atoms with E-state index in [1.807, 2.05) is 20.8 Å². The number of nitrogens with one attached hydrogen (secondary N) is 3. The quantitative estimate of drug-likeness (QED) is 0.546. The van der Waals surface area contributed by atoms with Gasteiger partial charge >= 0.3 is 6.09 Å². The Kier molecular flexibility index (Phi) is 7.66. The van der Waals surface area contributed by atoms with Crippen LogP contribution >= 0.6 is 0 Å². The lowest BCUT2D eigenvalue weighted by Crippen LogP contribution is -2.43. The molecule has 2 aliphatic rings. The van der Waals surface area contributed by atoms with Crippen LogP contribution in [0.4, 0.5) is 16.2 Å². The lowest BCUT2D eigenvalue weighted by Gasteiger charge is -2.37. The van der Waals surface area contributed by atoms with Crippen molar-refractivity contribution >= 4 is 17.5 Å². The number of nitrogens with zero attached hydrogens (tertiary/aromatic N) is 2. The molecule has 1 aliphatic heterocycles. The summed E-state index contributed by atoms with van der Waals surface area (Å²) in [4.78, 5) is 14.1. The van der Waals surface area contributed by atoms with Gasteiger partial charge < -0.3 is 25.6 Å². The first-order chi connectivity index (χ1) is 14.8. The number of nitriles is 1. The lowest BCUT2D eigenvalue weighted by molar-refractivity contribution is 0.0528. The van der Waals surface area contributed by atoms with Crippen LogP contribution in [0, 0.1) is 17.2 Å². The van der Waals surface area contributed by atoms with Crippen molar-refractivity contribution < 1.29 is 9.53 Å². The second kappa shape index (κ2) is 10.2. The summed E-state index contributed by atoms with van der Waals surface area (Å²) in [7, 11) is 0. The Morgan fingerprint density at radius 2 is 1.87 bits per heavy atom. The number of benzene rings is 1. The van der Waals surface area contributed by atoms with Gasteiger partial charge in [0.2, 0.25) is 0 Å². The molecule has 1 aromatic carbocycles. The van der Waals surface area contributed by atoms with Crippen molar-refractivity contribution in [2.24, 2.45) is 5.92 Å². The lowest BCUT2D eigenvalue weighted by atomic mass is 9.78. The predicted octanol–water partition coefficient (Wildman–Crippen LogP) is 3.88. The highest BCUT2D eigenvalue weighted by Gasteiger charge is 2.37. The van der Waals surface area contributed by atoms with Crippen LogP contribution in [0.1, 0.15) is 52.9 Å². The average Bonchev–Trinajstić information content (AvgIpc) is 2.70. The third-order valence-electron chi connectivity index (χ3n) is 6.05. The number of anilines is 2. The second-order valence-corrected chi connectivity index (χ2v) is 9.78. The zero-order valence-corrected chi connectivity index (χ0v) is 19.2. The molecular weight excluding hydrogens is 390 g/mol. The normalized spacial score (nSPS) is 18.6. The molecule has 1 aromatic rings. The van der Waals surface area contributed by atoms with E-state index in [9.17, 15) is 10.1 Å². The Bertz CT molecular complexity index is 754. The van der Waals surface area contributed by atoms with Crippen molar-refractivity contribution in [2.75, 3.05) is 42.9 Å². The van der Waals surface area contributed by atoms with Crippen LogP contribution in [0.2, 0.25) is 0 Å². The second-order valence-electron chi connectivity index (χ2n) is 9.78. The fourth-order valence-electron chi connectivity index (χ4n) is 4.10. The largest absolute Gasteiger partial charge is 0.444 e. The van der Waals surface area contributed by atoms with E-state index in [0.717, 1.165) is 64.0 Å². The maximum absolute atomic E-state index is 11.6. The van der Waals surface area contributed by atoms with Crippen molar-refractivity contribution in [3.05, 3.63) is 24.3 Å². The first-order valence-electron chi connectivity index (χ1n) is 11.5. The molecule has 2 fully saturated rings. The fraction of sp³-hybridized carbons (Fsp3) is 0.667. The van der Waals surface area contributed by atoms with Gasteiger partial charge in [0.15, 0.2) is 0 Å².